The van der Waals surface area contributed by atoms with E-state index in [-0.39, 0.29) is 12.0 Å². The van der Waals surface area contributed by atoms with Crippen LogP contribution in [0, 0.1) is 12.8 Å². The van der Waals surface area contributed by atoms with Crippen molar-refractivity contribution in [3.8, 4) is 0 Å². The van der Waals surface area contributed by atoms with Crippen molar-refractivity contribution in [1.82, 2.24) is 15.2 Å². The molecule has 1 aromatic rings. The van der Waals surface area contributed by atoms with Crippen LogP contribution in [0.5, 0.6) is 0 Å². The molecule has 6 nitrogen and oxygen atoms in total. The van der Waals surface area contributed by atoms with Gasteiger partial charge in [0, 0.05) is 31.5 Å². The number of aromatic amines is 1. The van der Waals surface area contributed by atoms with Crippen molar-refractivity contribution >= 4 is 12.0 Å². The standard InChI is InChI=1S/C18H29N3O3/c1-13-15(8-10-19-13)16(22)20-9-7-14-6-5-11-21(12-14)17(23)24-18(2,3)4/h8,10,14,19H,5-7,9,11-12H2,1-4H3,(H,20,22). The Morgan fingerprint density at radius 2 is 2.17 bits per heavy atom. The van der Waals surface area contributed by atoms with E-state index in [9.17, 15) is 9.59 Å². The van der Waals surface area contributed by atoms with Crippen molar-refractivity contribution in [2.24, 2.45) is 5.92 Å². The highest BCUT2D eigenvalue weighted by Gasteiger charge is 2.27. The first-order chi connectivity index (χ1) is 11.3. The highest BCUT2D eigenvalue weighted by molar-refractivity contribution is 5.95. The van der Waals surface area contributed by atoms with Crippen LogP contribution >= 0.6 is 0 Å². The van der Waals surface area contributed by atoms with Crippen LogP contribution in [0.4, 0.5) is 4.79 Å². The second-order valence-corrected chi connectivity index (χ2v) is 7.50. The minimum atomic E-state index is -0.466. The van der Waals surface area contributed by atoms with Gasteiger partial charge in [-0.05, 0) is 58.9 Å². The fourth-order valence-electron chi connectivity index (χ4n) is 2.98. The number of nitrogens with zero attached hydrogens (tertiary/aromatic N) is 1. The molecule has 24 heavy (non-hydrogen) atoms. The Morgan fingerprint density at radius 1 is 1.42 bits per heavy atom. The van der Waals surface area contributed by atoms with Gasteiger partial charge in [-0.1, -0.05) is 0 Å². The minimum Gasteiger partial charge on any atom is -0.444 e. The molecule has 1 aliphatic rings. The van der Waals surface area contributed by atoms with Crippen molar-refractivity contribution in [1.29, 1.82) is 0 Å². The lowest BCUT2D eigenvalue weighted by Gasteiger charge is -2.34. The minimum absolute atomic E-state index is 0.0476. The van der Waals surface area contributed by atoms with Crippen molar-refractivity contribution in [2.45, 2.75) is 52.6 Å². The summed E-state index contributed by atoms with van der Waals surface area (Å²) in [5.74, 6) is 0.354. The molecule has 2 amide bonds. The van der Waals surface area contributed by atoms with Crippen LogP contribution in [0.25, 0.3) is 0 Å². The molecule has 0 spiro atoms. The quantitative estimate of drug-likeness (QED) is 0.888. The van der Waals surface area contributed by atoms with Crippen LogP contribution in [0.1, 0.15) is 56.1 Å². The highest BCUT2D eigenvalue weighted by atomic mass is 16.6. The third-order valence-electron chi connectivity index (χ3n) is 4.21. The monoisotopic (exact) mass is 335 g/mol. The van der Waals surface area contributed by atoms with Crippen LogP contribution < -0.4 is 5.32 Å². The number of nitrogens with one attached hydrogen (secondary N) is 2. The van der Waals surface area contributed by atoms with E-state index >= 15 is 0 Å². The van der Waals surface area contributed by atoms with Crippen LogP contribution in [-0.2, 0) is 4.74 Å². The fourth-order valence-corrected chi connectivity index (χ4v) is 2.98. The summed E-state index contributed by atoms with van der Waals surface area (Å²) >= 11 is 0. The Hall–Kier alpha value is -1.98. The Kier molecular flexibility index (Phi) is 5.91. The molecule has 1 saturated heterocycles. The Balaban J connectivity index is 1.76. The van der Waals surface area contributed by atoms with Crippen LogP contribution in [0.2, 0.25) is 0 Å². The third-order valence-corrected chi connectivity index (χ3v) is 4.21. The van der Waals surface area contributed by atoms with Gasteiger partial charge in [0.05, 0.1) is 5.56 Å². The molecule has 0 bridgehead atoms. The number of amides is 2. The maximum atomic E-state index is 12.2. The second kappa shape index (κ2) is 7.73. The molecule has 1 unspecified atom stereocenters. The molecular formula is C18H29N3O3. The lowest BCUT2D eigenvalue weighted by atomic mass is 9.95. The molecule has 1 aromatic heterocycles. The molecule has 1 fully saturated rings. The van der Waals surface area contributed by atoms with Gasteiger partial charge in [-0.25, -0.2) is 4.79 Å². The molecule has 0 aliphatic carbocycles. The Labute approximate surface area is 143 Å². The lowest BCUT2D eigenvalue weighted by molar-refractivity contribution is 0.0161. The van der Waals surface area contributed by atoms with Crippen molar-refractivity contribution in [3.63, 3.8) is 0 Å². The smallest absolute Gasteiger partial charge is 0.410 e. The predicted molar refractivity (Wildman–Crippen MR) is 93.0 cm³/mol. The van der Waals surface area contributed by atoms with Gasteiger partial charge in [-0.3, -0.25) is 4.79 Å². The van der Waals surface area contributed by atoms with Gasteiger partial charge < -0.3 is 19.9 Å². The van der Waals surface area contributed by atoms with Gasteiger partial charge >= 0.3 is 6.09 Å². The van der Waals surface area contributed by atoms with E-state index in [2.05, 4.69) is 10.3 Å². The maximum absolute atomic E-state index is 12.2. The molecule has 6 heteroatoms. The van der Waals surface area contributed by atoms with E-state index in [1.165, 1.54) is 0 Å². The van der Waals surface area contributed by atoms with Gasteiger partial charge in [-0.15, -0.1) is 0 Å². The first-order valence-corrected chi connectivity index (χ1v) is 8.66. The predicted octanol–water partition coefficient (Wildman–Crippen LogP) is 3.09. The molecule has 1 aliphatic heterocycles. The van der Waals surface area contributed by atoms with Gasteiger partial charge in [0.2, 0.25) is 0 Å². The number of hydrogen-bond donors (Lipinski definition) is 2. The molecule has 2 N–H and O–H groups in total. The number of carbonyl (C=O) groups is 2. The summed E-state index contributed by atoms with van der Waals surface area (Å²) in [6, 6.07) is 1.79. The van der Waals surface area contributed by atoms with Gasteiger partial charge in [-0.2, -0.15) is 0 Å². The fraction of sp³-hybridized carbons (Fsp3) is 0.667. The molecule has 0 aromatic carbocycles. The summed E-state index contributed by atoms with van der Waals surface area (Å²) < 4.78 is 5.44. The van der Waals surface area contributed by atoms with E-state index < -0.39 is 5.60 Å². The Bertz CT molecular complexity index is 574. The molecule has 134 valence electrons. The largest absolute Gasteiger partial charge is 0.444 e. The van der Waals surface area contributed by atoms with Crippen LogP contribution in [0.15, 0.2) is 12.3 Å². The average molecular weight is 335 g/mol. The zero-order chi connectivity index (χ0) is 17.7. The number of piperidine rings is 1. The summed E-state index contributed by atoms with van der Waals surface area (Å²) in [4.78, 5) is 29.0. The summed E-state index contributed by atoms with van der Waals surface area (Å²) in [5, 5.41) is 2.96. The molecule has 1 atom stereocenters. The maximum Gasteiger partial charge on any atom is 0.410 e. The van der Waals surface area contributed by atoms with E-state index in [1.807, 2.05) is 27.7 Å². The number of aryl methyl sites for hydroxylation is 1. The van der Waals surface area contributed by atoms with Crippen LogP contribution in [-0.4, -0.2) is 47.1 Å². The van der Waals surface area contributed by atoms with E-state index in [4.69, 9.17) is 4.74 Å². The van der Waals surface area contributed by atoms with E-state index in [1.54, 1.807) is 17.2 Å². The number of carbonyl (C=O) groups excluding carboxylic acids is 2. The normalized spacial score (nSPS) is 18.3. The zero-order valence-electron chi connectivity index (χ0n) is 15.1. The number of rotatable bonds is 4. The van der Waals surface area contributed by atoms with Gasteiger partial charge in [0.25, 0.3) is 5.91 Å². The van der Waals surface area contributed by atoms with Gasteiger partial charge in [0.1, 0.15) is 5.60 Å². The number of aromatic nitrogens is 1. The first kappa shape index (κ1) is 18.4. The van der Waals surface area contributed by atoms with E-state index in [0.717, 1.165) is 31.5 Å². The van der Waals surface area contributed by atoms with Gasteiger partial charge in [0.15, 0.2) is 0 Å². The second-order valence-electron chi connectivity index (χ2n) is 7.50. The summed E-state index contributed by atoms with van der Waals surface area (Å²) in [7, 11) is 0. The van der Waals surface area contributed by atoms with Crippen molar-refractivity contribution in [2.75, 3.05) is 19.6 Å². The first-order valence-electron chi connectivity index (χ1n) is 8.66. The molecular weight excluding hydrogens is 306 g/mol. The summed E-state index contributed by atoms with van der Waals surface area (Å²) in [6.07, 6.45) is 4.46. The van der Waals surface area contributed by atoms with Crippen molar-refractivity contribution < 1.29 is 14.3 Å². The zero-order valence-corrected chi connectivity index (χ0v) is 15.1. The number of hydrogen-bond acceptors (Lipinski definition) is 3. The summed E-state index contributed by atoms with van der Waals surface area (Å²) in [5.41, 5.74) is 1.10. The number of likely N-dealkylation sites (tertiary alicyclic amines) is 1. The summed E-state index contributed by atoms with van der Waals surface area (Å²) in [6.45, 7) is 9.60. The lowest BCUT2D eigenvalue weighted by Crippen LogP contribution is -2.43. The van der Waals surface area contributed by atoms with Crippen molar-refractivity contribution in [3.05, 3.63) is 23.5 Å². The molecule has 2 heterocycles. The number of ether oxygens (including phenoxy) is 1. The topological polar surface area (TPSA) is 74.4 Å². The van der Waals surface area contributed by atoms with E-state index in [0.29, 0.717) is 24.6 Å². The highest BCUT2D eigenvalue weighted by Crippen LogP contribution is 2.21. The van der Waals surface area contributed by atoms with Crippen LogP contribution in [0.3, 0.4) is 0 Å². The SMILES string of the molecule is Cc1[nH]ccc1C(=O)NCCC1CCCN(C(=O)OC(C)(C)C)C1. The number of H-pyrrole nitrogens is 1. The third kappa shape index (κ3) is 5.28. The Morgan fingerprint density at radius 3 is 2.79 bits per heavy atom. The average Bonchev–Trinajstić information content (AvgIpc) is 2.92. The molecule has 0 radical (unpaired) electrons. The molecule has 2 rings (SSSR count). The molecule has 0 saturated carbocycles.